The topological polar surface area (TPSA) is 29.1 Å². The van der Waals surface area contributed by atoms with Gasteiger partial charge in [0.05, 0.1) is 5.38 Å². The van der Waals surface area contributed by atoms with Gasteiger partial charge in [0.15, 0.2) is 0 Å². The average Bonchev–Trinajstić information content (AvgIpc) is 2.64. The van der Waals surface area contributed by atoms with Crippen LogP contribution in [-0.2, 0) is 4.79 Å². The van der Waals surface area contributed by atoms with Crippen LogP contribution in [0.3, 0.4) is 0 Å². The Kier molecular flexibility index (Phi) is 6.18. The Bertz CT molecular complexity index is 214. The van der Waals surface area contributed by atoms with Crippen LogP contribution < -0.4 is 5.32 Å². The van der Waals surface area contributed by atoms with Crippen LogP contribution in [0.25, 0.3) is 0 Å². The molecular weight excluding hydrogens is 222 g/mol. The Morgan fingerprint density at radius 3 is 2.38 bits per heavy atom. The van der Waals surface area contributed by atoms with Gasteiger partial charge in [-0.1, -0.05) is 26.7 Å². The largest absolute Gasteiger partial charge is 0.352 e. The number of halogens is 1. The molecule has 0 aromatic carbocycles. The van der Waals surface area contributed by atoms with Crippen molar-refractivity contribution in [3.63, 3.8) is 0 Å². The lowest BCUT2D eigenvalue weighted by molar-refractivity contribution is -0.126. The second kappa shape index (κ2) is 7.16. The Morgan fingerprint density at radius 2 is 1.94 bits per heavy atom. The summed E-state index contributed by atoms with van der Waals surface area (Å²) >= 11 is 6.17. The first-order chi connectivity index (χ1) is 7.69. The van der Waals surface area contributed by atoms with Gasteiger partial charge in [0, 0.05) is 12.0 Å². The van der Waals surface area contributed by atoms with Crippen molar-refractivity contribution in [2.75, 3.05) is 0 Å². The molecule has 3 heteroatoms. The first-order valence-electron chi connectivity index (χ1n) is 6.63. The molecule has 1 saturated carbocycles. The highest BCUT2D eigenvalue weighted by Crippen LogP contribution is 2.25. The predicted molar refractivity (Wildman–Crippen MR) is 68.7 cm³/mol. The lowest BCUT2D eigenvalue weighted by Crippen LogP contribution is -2.41. The molecule has 0 aromatic rings. The molecule has 0 aliphatic heterocycles. The van der Waals surface area contributed by atoms with E-state index in [4.69, 9.17) is 11.6 Å². The van der Waals surface area contributed by atoms with E-state index in [1.165, 1.54) is 0 Å². The van der Waals surface area contributed by atoms with Gasteiger partial charge in [-0.2, -0.15) is 0 Å². The predicted octanol–water partition coefficient (Wildman–Crippen LogP) is 3.48. The van der Waals surface area contributed by atoms with E-state index in [9.17, 15) is 4.79 Å². The Labute approximate surface area is 104 Å². The van der Waals surface area contributed by atoms with Crippen LogP contribution >= 0.6 is 11.6 Å². The molecule has 1 N–H and O–H groups in total. The molecular formula is C13H24ClNO. The van der Waals surface area contributed by atoms with E-state index in [0.29, 0.717) is 0 Å². The number of amides is 1. The smallest absolute Gasteiger partial charge is 0.223 e. The molecule has 94 valence electrons. The Morgan fingerprint density at radius 1 is 1.31 bits per heavy atom. The number of alkyl halides is 1. The van der Waals surface area contributed by atoms with Crippen molar-refractivity contribution < 1.29 is 4.79 Å². The second-order valence-corrected chi connectivity index (χ2v) is 5.40. The minimum atomic E-state index is 0.146. The van der Waals surface area contributed by atoms with E-state index in [-0.39, 0.29) is 23.2 Å². The number of hydrogen-bond acceptors (Lipinski definition) is 1. The highest BCUT2D eigenvalue weighted by molar-refractivity contribution is 6.21. The molecule has 2 nitrogen and oxygen atoms in total. The molecule has 0 heterocycles. The van der Waals surface area contributed by atoms with E-state index < -0.39 is 0 Å². The molecule has 0 saturated heterocycles. The third-order valence-electron chi connectivity index (χ3n) is 3.40. The normalized spacial score (nSPS) is 25.0. The summed E-state index contributed by atoms with van der Waals surface area (Å²) in [5.74, 6) is 0.417. The molecule has 0 bridgehead atoms. The van der Waals surface area contributed by atoms with Gasteiger partial charge in [-0.15, -0.1) is 11.6 Å². The zero-order valence-corrected chi connectivity index (χ0v) is 11.2. The van der Waals surface area contributed by atoms with Crippen LogP contribution in [0.1, 0.15) is 58.8 Å². The minimum absolute atomic E-state index is 0.146. The molecule has 0 aromatic heterocycles. The quantitative estimate of drug-likeness (QED) is 0.714. The maximum atomic E-state index is 12.1. The van der Waals surface area contributed by atoms with E-state index in [1.54, 1.807) is 0 Å². The fourth-order valence-corrected chi connectivity index (χ4v) is 2.82. The molecule has 0 radical (unpaired) electrons. The van der Waals surface area contributed by atoms with Gasteiger partial charge >= 0.3 is 0 Å². The molecule has 1 amide bonds. The molecule has 2 unspecified atom stereocenters. The van der Waals surface area contributed by atoms with Gasteiger partial charge in [-0.05, 0) is 32.1 Å². The second-order valence-electron chi connectivity index (χ2n) is 4.84. The number of rotatable bonds is 6. The average molecular weight is 246 g/mol. The lowest BCUT2D eigenvalue weighted by Gasteiger charge is -2.21. The number of carbonyl (C=O) groups is 1. The summed E-state index contributed by atoms with van der Waals surface area (Å²) in [5.41, 5.74) is 0. The third-order valence-corrected chi connectivity index (χ3v) is 3.93. The van der Waals surface area contributed by atoms with Crippen molar-refractivity contribution in [3.05, 3.63) is 0 Å². The molecule has 1 aliphatic rings. The van der Waals surface area contributed by atoms with Crippen LogP contribution in [0.15, 0.2) is 0 Å². The Hall–Kier alpha value is -0.240. The van der Waals surface area contributed by atoms with Gasteiger partial charge < -0.3 is 5.32 Å². The van der Waals surface area contributed by atoms with E-state index in [2.05, 4.69) is 19.2 Å². The number of nitrogens with one attached hydrogen (secondary N) is 1. The summed E-state index contributed by atoms with van der Waals surface area (Å²) in [7, 11) is 0. The van der Waals surface area contributed by atoms with Crippen molar-refractivity contribution in [1.82, 2.24) is 5.32 Å². The first-order valence-corrected chi connectivity index (χ1v) is 7.07. The summed E-state index contributed by atoms with van der Waals surface area (Å²) in [5, 5.41) is 3.27. The third kappa shape index (κ3) is 3.97. The summed E-state index contributed by atoms with van der Waals surface area (Å²) in [6, 6.07) is 0.213. The first kappa shape index (κ1) is 13.8. The van der Waals surface area contributed by atoms with Gasteiger partial charge in [-0.25, -0.2) is 0 Å². The number of carbonyl (C=O) groups excluding carboxylic acids is 1. The fourth-order valence-electron chi connectivity index (χ4n) is 2.48. The van der Waals surface area contributed by atoms with Gasteiger partial charge in [0.2, 0.25) is 5.91 Å². The number of hydrogen-bond donors (Lipinski definition) is 1. The van der Waals surface area contributed by atoms with Crippen LogP contribution in [0.4, 0.5) is 0 Å². The summed E-state index contributed by atoms with van der Waals surface area (Å²) in [6.45, 7) is 4.27. The van der Waals surface area contributed by atoms with Crippen molar-refractivity contribution >= 4 is 17.5 Å². The standard InChI is InChI=1S/C13H24ClNO/c1-3-6-10(7-4-2)13(16)15-12-9-5-8-11(12)14/h10-12H,3-9H2,1-2H3,(H,15,16). The van der Waals surface area contributed by atoms with E-state index >= 15 is 0 Å². The molecule has 1 aliphatic carbocycles. The fraction of sp³-hybridized carbons (Fsp3) is 0.923. The maximum Gasteiger partial charge on any atom is 0.223 e. The van der Waals surface area contributed by atoms with Crippen LogP contribution in [0.2, 0.25) is 0 Å². The van der Waals surface area contributed by atoms with Crippen molar-refractivity contribution in [3.8, 4) is 0 Å². The summed E-state index contributed by atoms with van der Waals surface area (Å²) in [4.78, 5) is 12.1. The SMILES string of the molecule is CCCC(CCC)C(=O)NC1CCCC1Cl. The zero-order chi connectivity index (χ0) is 12.0. The molecule has 16 heavy (non-hydrogen) atoms. The summed E-state index contributed by atoms with van der Waals surface area (Å²) < 4.78 is 0. The molecule has 2 atom stereocenters. The van der Waals surface area contributed by atoms with Gasteiger partial charge in [0.1, 0.15) is 0 Å². The van der Waals surface area contributed by atoms with E-state index in [1.807, 2.05) is 0 Å². The minimum Gasteiger partial charge on any atom is -0.352 e. The highest BCUT2D eigenvalue weighted by atomic mass is 35.5. The zero-order valence-electron chi connectivity index (χ0n) is 10.5. The van der Waals surface area contributed by atoms with Crippen LogP contribution in [0, 0.1) is 5.92 Å². The molecule has 1 rings (SSSR count). The molecule has 1 fully saturated rings. The maximum absolute atomic E-state index is 12.1. The van der Waals surface area contributed by atoms with Crippen LogP contribution in [0.5, 0.6) is 0 Å². The monoisotopic (exact) mass is 245 g/mol. The van der Waals surface area contributed by atoms with Gasteiger partial charge in [0.25, 0.3) is 0 Å². The van der Waals surface area contributed by atoms with Crippen molar-refractivity contribution in [1.29, 1.82) is 0 Å². The highest BCUT2D eigenvalue weighted by Gasteiger charge is 2.28. The van der Waals surface area contributed by atoms with Crippen molar-refractivity contribution in [2.45, 2.75) is 70.2 Å². The Balaban J connectivity index is 2.41. The van der Waals surface area contributed by atoms with E-state index in [0.717, 1.165) is 44.9 Å². The van der Waals surface area contributed by atoms with Crippen LogP contribution in [-0.4, -0.2) is 17.3 Å². The van der Waals surface area contributed by atoms with Gasteiger partial charge in [-0.3, -0.25) is 4.79 Å². The summed E-state index contributed by atoms with van der Waals surface area (Å²) in [6.07, 6.45) is 7.38. The lowest BCUT2D eigenvalue weighted by atomic mass is 9.97. The molecule has 0 spiro atoms. The van der Waals surface area contributed by atoms with Crippen molar-refractivity contribution in [2.24, 2.45) is 5.92 Å².